The van der Waals surface area contributed by atoms with E-state index in [-0.39, 0.29) is 47.5 Å². The number of ether oxygens (including phenoxy) is 2. The van der Waals surface area contributed by atoms with E-state index in [4.69, 9.17) is 9.47 Å². The number of piperidine rings is 2. The van der Waals surface area contributed by atoms with Gasteiger partial charge in [-0.15, -0.1) is 0 Å². The van der Waals surface area contributed by atoms with Gasteiger partial charge in [-0.3, -0.25) is 9.69 Å². The molecule has 2 aromatic carbocycles. The lowest BCUT2D eigenvalue weighted by Gasteiger charge is -2.53. The smallest absolute Gasteiger partial charge is 0.416 e. The van der Waals surface area contributed by atoms with Crippen molar-refractivity contribution < 1.29 is 40.6 Å². The number of carbonyl (C=O) groups excluding carboxylic acids is 1. The molecule has 3 aliphatic heterocycles. The van der Waals surface area contributed by atoms with Crippen molar-refractivity contribution >= 4 is 5.97 Å². The molecule has 0 amide bonds. The number of hydrogen-bond donors (Lipinski definition) is 0. The van der Waals surface area contributed by atoms with E-state index < -0.39 is 29.5 Å². The fourth-order valence-corrected chi connectivity index (χ4v) is 8.60. The fourth-order valence-electron chi connectivity index (χ4n) is 8.60. The lowest BCUT2D eigenvalue weighted by Crippen LogP contribution is -2.55. The molecular weight excluding hydrogens is 596 g/mol. The topological polar surface area (TPSA) is 38.8 Å². The first-order valence-corrected chi connectivity index (χ1v) is 16.2. The predicted molar refractivity (Wildman–Crippen MR) is 157 cm³/mol. The minimum atomic E-state index is -4.75. The zero-order valence-electron chi connectivity index (χ0n) is 25.9. The van der Waals surface area contributed by atoms with E-state index in [2.05, 4.69) is 23.1 Å². The second kappa shape index (κ2) is 12.1. The maximum Gasteiger partial charge on any atom is 0.416 e. The minimum Gasteiger partial charge on any atom is -0.490 e. The Bertz CT molecular complexity index is 1390. The standard InChI is InChI=1S/C35H41F6NO3/c1-19(33(43)44-3)32(22-8-9-22)23-10-7-21-11-14-30(45-31(21)17-23)24-15-26-5-4-6-27(16-24)42(26)20(2)28-18-25(34(36,37)38)12-13-29(28)35(39,40)41/h7,10,12-13,17-20,22,24,26-27,30,32H,4-6,8-9,11,14-16H2,1-3H3/t19-,20-,24-,26+,27-,30-,32+/m1/s1. The first kappa shape index (κ1) is 32.2. The molecule has 0 aromatic heterocycles. The number of halogens is 6. The molecule has 1 aliphatic carbocycles. The van der Waals surface area contributed by atoms with Crippen molar-refractivity contribution in [2.45, 2.75) is 114 Å². The molecule has 3 heterocycles. The molecule has 10 heteroatoms. The molecule has 2 bridgehead atoms. The SMILES string of the molecule is COC(=O)[C@H](C)[C@H](c1ccc2c(c1)O[C@@H]([C@H]1C[C@H]3CCC[C@@H](C1)N3[C@H](C)c1cc(C(F)(F)F)ccc1C(F)(F)F)CC2)C1CC1. The van der Waals surface area contributed by atoms with Gasteiger partial charge in [-0.25, -0.2) is 0 Å². The zero-order chi connectivity index (χ0) is 32.3. The van der Waals surface area contributed by atoms with Gasteiger partial charge in [0, 0.05) is 18.1 Å². The Morgan fingerprint density at radius 2 is 1.60 bits per heavy atom. The summed E-state index contributed by atoms with van der Waals surface area (Å²) in [5.74, 6) is 1.05. The number of aryl methyl sites for hydroxylation is 1. The van der Waals surface area contributed by atoms with Gasteiger partial charge in [0.25, 0.3) is 0 Å². The molecule has 2 saturated heterocycles. The second-order valence-corrected chi connectivity index (χ2v) is 13.6. The van der Waals surface area contributed by atoms with Crippen LogP contribution in [0.1, 0.15) is 105 Å². The van der Waals surface area contributed by atoms with E-state index in [1.165, 1.54) is 7.11 Å². The maximum absolute atomic E-state index is 14.0. The van der Waals surface area contributed by atoms with Gasteiger partial charge in [0.2, 0.25) is 0 Å². The Kier molecular flexibility index (Phi) is 8.67. The first-order valence-electron chi connectivity index (χ1n) is 16.2. The quantitative estimate of drug-likeness (QED) is 0.224. The van der Waals surface area contributed by atoms with E-state index in [9.17, 15) is 31.1 Å². The van der Waals surface area contributed by atoms with Gasteiger partial charge in [0.1, 0.15) is 11.9 Å². The third-order valence-electron chi connectivity index (χ3n) is 10.9. The highest BCUT2D eigenvalue weighted by Crippen LogP contribution is 2.50. The number of hydrogen-bond acceptors (Lipinski definition) is 4. The van der Waals surface area contributed by atoms with Crippen LogP contribution in [0, 0.1) is 17.8 Å². The lowest BCUT2D eigenvalue weighted by atomic mass is 9.73. The molecule has 0 unspecified atom stereocenters. The van der Waals surface area contributed by atoms with Gasteiger partial charge in [-0.05, 0) is 117 Å². The van der Waals surface area contributed by atoms with Crippen molar-refractivity contribution in [2.24, 2.45) is 17.8 Å². The minimum absolute atomic E-state index is 0.0374. The maximum atomic E-state index is 14.0. The van der Waals surface area contributed by atoms with Crippen molar-refractivity contribution in [1.29, 1.82) is 0 Å². The summed E-state index contributed by atoms with van der Waals surface area (Å²) in [6, 6.07) is 7.22. The molecule has 4 nitrogen and oxygen atoms in total. The van der Waals surface area contributed by atoms with Gasteiger partial charge in [0.15, 0.2) is 0 Å². The summed E-state index contributed by atoms with van der Waals surface area (Å²) in [4.78, 5) is 14.5. The average Bonchev–Trinajstić information content (AvgIpc) is 3.83. The molecule has 6 rings (SSSR count). The Balaban J connectivity index is 1.22. The summed E-state index contributed by atoms with van der Waals surface area (Å²) >= 11 is 0. The van der Waals surface area contributed by atoms with Crippen LogP contribution < -0.4 is 4.74 Å². The summed E-state index contributed by atoms with van der Waals surface area (Å²) in [6.07, 6.45) is -1.70. The summed E-state index contributed by atoms with van der Waals surface area (Å²) in [7, 11) is 1.42. The van der Waals surface area contributed by atoms with Crippen molar-refractivity contribution in [3.63, 3.8) is 0 Å². The molecular formula is C35H41F6NO3. The van der Waals surface area contributed by atoms with Gasteiger partial charge >= 0.3 is 18.3 Å². The molecule has 1 saturated carbocycles. The molecule has 45 heavy (non-hydrogen) atoms. The van der Waals surface area contributed by atoms with Gasteiger partial charge in [-0.2, -0.15) is 26.3 Å². The molecule has 246 valence electrons. The monoisotopic (exact) mass is 637 g/mol. The summed E-state index contributed by atoms with van der Waals surface area (Å²) < 4.78 is 94.5. The highest BCUT2D eigenvalue weighted by Gasteiger charge is 2.47. The van der Waals surface area contributed by atoms with Crippen LogP contribution in [0.3, 0.4) is 0 Å². The van der Waals surface area contributed by atoms with Crippen LogP contribution in [-0.4, -0.2) is 36.2 Å². The van der Waals surface area contributed by atoms with Crippen LogP contribution in [0.25, 0.3) is 0 Å². The Morgan fingerprint density at radius 1 is 0.911 bits per heavy atom. The summed E-state index contributed by atoms with van der Waals surface area (Å²) in [5.41, 5.74) is -0.162. The number of carbonyl (C=O) groups is 1. The first-order chi connectivity index (χ1) is 21.3. The molecule has 3 fully saturated rings. The molecule has 0 spiro atoms. The Morgan fingerprint density at radius 3 is 2.20 bits per heavy atom. The lowest BCUT2D eigenvalue weighted by molar-refractivity contribution is -0.146. The van der Waals surface area contributed by atoms with E-state index in [0.717, 1.165) is 74.7 Å². The van der Waals surface area contributed by atoms with Crippen LogP contribution in [0.2, 0.25) is 0 Å². The van der Waals surface area contributed by atoms with Crippen LogP contribution in [0.5, 0.6) is 5.75 Å². The van der Waals surface area contributed by atoms with Crippen LogP contribution >= 0.6 is 0 Å². The fraction of sp³-hybridized carbons (Fsp3) is 0.629. The van der Waals surface area contributed by atoms with Crippen LogP contribution in [-0.2, 0) is 28.3 Å². The molecule has 0 N–H and O–H groups in total. The van der Waals surface area contributed by atoms with E-state index in [0.29, 0.717) is 24.1 Å². The van der Waals surface area contributed by atoms with Gasteiger partial charge in [0.05, 0.1) is 24.2 Å². The number of nitrogens with zero attached hydrogens (tertiary/aromatic N) is 1. The Hall–Kier alpha value is -2.75. The number of rotatable bonds is 7. The highest BCUT2D eigenvalue weighted by molar-refractivity contribution is 5.73. The molecule has 0 radical (unpaired) electrons. The zero-order valence-corrected chi connectivity index (χ0v) is 25.9. The molecule has 2 aromatic rings. The van der Waals surface area contributed by atoms with Crippen molar-refractivity contribution in [2.75, 3.05) is 7.11 Å². The number of esters is 1. The average molecular weight is 638 g/mol. The van der Waals surface area contributed by atoms with Crippen molar-refractivity contribution in [3.8, 4) is 5.75 Å². The van der Waals surface area contributed by atoms with E-state index in [1.54, 1.807) is 6.92 Å². The third kappa shape index (κ3) is 6.45. The number of methoxy groups -OCH3 is 1. The predicted octanol–water partition coefficient (Wildman–Crippen LogP) is 9.11. The van der Waals surface area contributed by atoms with E-state index in [1.807, 2.05) is 6.92 Å². The van der Waals surface area contributed by atoms with Gasteiger partial charge in [-0.1, -0.05) is 25.5 Å². The second-order valence-electron chi connectivity index (χ2n) is 13.6. The highest BCUT2D eigenvalue weighted by atomic mass is 19.4. The number of benzene rings is 2. The molecule has 4 aliphatic rings. The van der Waals surface area contributed by atoms with Crippen molar-refractivity contribution in [3.05, 3.63) is 64.2 Å². The summed E-state index contributed by atoms with van der Waals surface area (Å²) in [6.45, 7) is 3.54. The third-order valence-corrected chi connectivity index (χ3v) is 10.9. The number of alkyl halides is 6. The summed E-state index contributed by atoms with van der Waals surface area (Å²) in [5, 5.41) is 0. The Labute approximate surface area is 260 Å². The number of fused-ring (bicyclic) bond motifs is 3. The largest absolute Gasteiger partial charge is 0.490 e. The van der Waals surface area contributed by atoms with Crippen LogP contribution in [0.15, 0.2) is 36.4 Å². The van der Waals surface area contributed by atoms with Crippen molar-refractivity contribution in [1.82, 2.24) is 4.90 Å². The van der Waals surface area contributed by atoms with Crippen LogP contribution in [0.4, 0.5) is 26.3 Å². The van der Waals surface area contributed by atoms with Gasteiger partial charge < -0.3 is 9.47 Å². The normalized spacial score (nSPS) is 27.6. The van der Waals surface area contributed by atoms with E-state index >= 15 is 0 Å². The molecule has 7 atom stereocenters.